The van der Waals surface area contributed by atoms with Crippen molar-refractivity contribution < 1.29 is 5.11 Å². The Balaban J connectivity index is 2.15. The van der Waals surface area contributed by atoms with E-state index in [9.17, 15) is 5.11 Å². The molecule has 1 aliphatic heterocycles. The molecule has 0 bridgehead atoms. The molecular formula is C8H15NO. The normalized spacial score (nSPS) is 53.4. The molecule has 0 aromatic carbocycles. The molecule has 0 aromatic heterocycles. The van der Waals surface area contributed by atoms with Crippen LogP contribution in [-0.4, -0.2) is 24.3 Å². The second-order valence-corrected chi connectivity index (χ2v) is 4.08. The number of hydrogen-bond acceptors (Lipinski definition) is 2. The molecule has 3 atom stereocenters. The Labute approximate surface area is 61.6 Å². The molecule has 2 nitrogen and oxygen atoms in total. The highest BCUT2D eigenvalue weighted by molar-refractivity contribution is 4.99. The zero-order valence-corrected chi connectivity index (χ0v) is 6.43. The number of nitrogens with one attached hydrogen (secondary N) is 1. The molecule has 1 heterocycles. The second-order valence-electron chi connectivity index (χ2n) is 4.08. The van der Waals surface area contributed by atoms with E-state index in [1.807, 2.05) is 0 Å². The summed E-state index contributed by atoms with van der Waals surface area (Å²) in [7, 11) is 0. The molecule has 2 fully saturated rings. The molecule has 2 heteroatoms. The van der Waals surface area contributed by atoms with Crippen LogP contribution in [-0.2, 0) is 0 Å². The van der Waals surface area contributed by atoms with Crippen LogP contribution >= 0.6 is 0 Å². The number of aliphatic hydroxyl groups is 1. The minimum absolute atomic E-state index is 0.0166. The molecule has 2 rings (SSSR count). The van der Waals surface area contributed by atoms with Gasteiger partial charge in [0, 0.05) is 6.54 Å². The summed E-state index contributed by atoms with van der Waals surface area (Å²) < 4.78 is 0. The van der Waals surface area contributed by atoms with Crippen molar-refractivity contribution in [2.45, 2.75) is 25.9 Å². The summed E-state index contributed by atoms with van der Waals surface area (Å²) in [5, 5.41) is 12.7. The Kier molecular flexibility index (Phi) is 1.29. The molecular weight excluding hydrogens is 126 g/mol. The average Bonchev–Trinajstić information content (AvgIpc) is 2.20. The Morgan fingerprint density at radius 2 is 2.40 bits per heavy atom. The molecule has 1 aliphatic carbocycles. The van der Waals surface area contributed by atoms with Crippen LogP contribution in [0.25, 0.3) is 0 Å². The van der Waals surface area contributed by atoms with E-state index >= 15 is 0 Å². The lowest BCUT2D eigenvalue weighted by atomic mass is 9.83. The van der Waals surface area contributed by atoms with Gasteiger partial charge in [-0.3, -0.25) is 0 Å². The lowest BCUT2D eigenvalue weighted by Crippen LogP contribution is -2.21. The van der Waals surface area contributed by atoms with Crippen molar-refractivity contribution in [3.8, 4) is 0 Å². The van der Waals surface area contributed by atoms with Crippen molar-refractivity contribution in [1.82, 2.24) is 5.32 Å². The maximum absolute atomic E-state index is 9.37. The van der Waals surface area contributed by atoms with Gasteiger partial charge in [-0.2, -0.15) is 0 Å². The topological polar surface area (TPSA) is 32.3 Å². The predicted octanol–water partition coefficient (Wildman–Crippen LogP) is 0.367. The Morgan fingerprint density at radius 3 is 3.10 bits per heavy atom. The fraction of sp³-hybridized carbons (Fsp3) is 1.00. The fourth-order valence-corrected chi connectivity index (χ4v) is 2.48. The lowest BCUT2D eigenvalue weighted by molar-refractivity contribution is 0.164. The number of aliphatic hydroxyl groups excluding tert-OH is 1. The van der Waals surface area contributed by atoms with Gasteiger partial charge in [-0.05, 0) is 30.7 Å². The summed E-state index contributed by atoms with van der Waals surface area (Å²) in [4.78, 5) is 0. The lowest BCUT2D eigenvalue weighted by Gasteiger charge is -2.21. The number of rotatable bonds is 0. The Bertz CT molecular complexity index is 148. The highest BCUT2D eigenvalue weighted by Gasteiger charge is 2.45. The van der Waals surface area contributed by atoms with Crippen LogP contribution in [0.15, 0.2) is 0 Å². The molecule has 2 N–H and O–H groups in total. The van der Waals surface area contributed by atoms with E-state index in [4.69, 9.17) is 0 Å². The smallest absolute Gasteiger partial charge is 0.0549 e. The van der Waals surface area contributed by atoms with Crippen LogP contribution in [0.1, 0.15) is 19.8 Å². The maximum atomic E-state index is 9.37. The third-order valence-corrected chi connectivity index (χ3v) is 3.16. The van der Waals surface area contributed by atoms with Crippen LogP contribution in [0.5, 0.6) is 0 Å². The van der Waals surface area contributed by atoms with Crippen molar-refractivity contribution in [3.63, 3.8) is 0 Å². The second kappa shape index (κ2) is 1.95. The minimum Gasteiger partial charge on any atom is -0.393 e. The van der Waals surface area contributed by atoms with Crippen molar-refractivity contribution >= 4 is 0 Å². The molecule has 0 radical (unpaired) electrons. The van der Waals surface area contributed by atoms with Gasteiger partial charge < -0.3 is 10.4 Å². The third kappa shape index (κ3) is 0.789. The van der Waals surface area contributed by atoms with Crippen molar-refractivity contribution in [2.24, 2.45) is 11.3 Å². The first-order valence-corrected chi connectivity index (χ1v) is 4.09. The Hall–Kier alpha value is -0.0800. The van der Waals surface area contributed by atoms with Crippen LogP contribution in [0.3, 0.4) is 0 Å². The SMILES string of the molecule is CC12CNCC1CC(O)C2. The van der Waals surface area contributed by atoms with Gasteiger partial charge in [0.05, 0.1) is 6.10 Å². The molecule has 0 aromatic rings. The van der Waals surface area contributed by atoms with Gasteiger partial charge in [-0.1, -0.05) is 6.92 Å². The van der Waals surface area contributed by atoms with E-state index in [2.05, 4.69) is 12.2 Å². The van der Waals surface area contributed by atoms with E-state index in [0.29, 0.717) is 5.41 Å². The van der Waals surface area contributed by atoms with Gasteiger partial charge >= 0.3 is 0 Å². The van der Waals surface area contributed by atoms with Gasteiger partial charge in [-0.25, -0.2) is 0 Å². The van der Waals surface area contributed by atoms with Gasteiger partial charge in [0.25, 0.3) is 0 Å². The first-order valence-electron chi connectivity index (χ1n) is 4.09. The molecule has 10 heavy (non-hydrogen) atoms. The quantitative estimate of drug-likeness (QED) is 0.510. The summed E-state index contributed by atoms with van der Waals surface area (Å²) in [6.07, 6.45) is 2.01. The molecule has 1 saturated heterocycles. The summed E-state index contributed by atoms with van der Waals surface area (Å²) in [6.45, 7) is 4.51. The van der Waals surface area contributed by atoms with Gasteiger partial charge in [0.1, 0.15) is 0 Å². The average molecular weight is 141 g/mol. The van der Waals surface area contributed by atoms with Crippen LogP contribution in [0.4, 0.5) is 0 Å². The molecule has 0 amide bonds. The molecule has 0 spiro atoms. The molecule has 1 saturated carbocycles. The molecule has 58 valence electrons. The fourth-order valence-electron chi connectivity index (χ4n) is 2.48. The third-order valence-electron chi connectivity index (χ3n) is 3.16. The van der Waals surface area contributed by atoms with E-state index in [0.717, 1.165) is 31.8 Å². The van der Waals surface area contributed by atoms with Gasteiger partial charge in [0.2, 0.25) is 0 Å². The van der Waals surface area contributed by atoms with E-state index in [-0.39, 0.29) is 6.10 Å². The number of fused-ring (bicyclic) bond motifs is 1. The highest BCUT2D eigenvalue weighted by Crippen LogP contribution is 2.45. The van der Waals surface area contributed by atoms with Crippen LogP contribution < -0.4 is 5.32 Å². The summed E-state index contributed by atoms with van der Waals surface area (Å²) in [6, 6.07) is 0. The monoisotopic (exact) mass is 141 g/mol. The van der Waals surface area contributed by atoms with Gasteiger partial charge in [-0.15, -0.1) is 0 Å². The van der Waals surface area contributed by atoms with E-state index < -0.39 is 0 Å². The van der Waals surface area contributed by atoms with E-state index in [1.54, 1.807) is 0 Å². The maximum Gasteiger partial charge on any atom is 0.0549 e. The summed E-state index contributed by atoms with van der Waals surface area (Å²) in [5.41, 5.74) is 0.416. The first kappa shape index (κ1) is 6.62. The van der Waals surface area contributed by atoms with Crippen LogP contribution in [0.2, 0.25) is 0 Å². The number of hydrogen-bond donors (Lipinski definition) is 2. The first-order chi connectivity index (χ1) is 4.71. The zero-order chi connectivity index (χ0) is 7.19. The largest absolute Gasteiger partial charge is 0.393 e. The van der Waals surface area contributed by atoms with Crippen molar-refractivity contribution in [1.29, 1.82) is 0 Å². The van der Waals surface area contributed by atoms with Crippen molar-refractivity contribution in [2.75, 3.05) is 13.1 Å². The highest BCUT2D eigenvalue weighted by atomic mass is 16.3. The van der Waals surface area contributed by atoms with E-state index in [1.165, 1.54) is 0 Å². The van der Waals surface area contributed by atoms with Gasteiger partial charge in [0.15, 0.2) is 0 Å². The standard InChI is InChI=1S/C8H15NO/c1-8-3-7(10)2-6(8)4-9-5-8/h6-7,9-10H,2-5H2,1H3. The summed E-state index contributed by atoms with van der Waals surface area (Å²) >= 11 is 0. The van der Waals surface area contributed by atoms with Crippen LogP contribution in [0, 0.1) is 11.3 Å². The van der Waals surface area contributed by atoms with Crippen molar-refractivity contribution in [3.05, 3.63) is 0 Å². The summed E-state index contributed by atoms with van der Waals surface area (Å²) in [5.74, 6) is 0.738. The predicted molar refractivity (Wildman–Crippen MR) is 39.7 cm³/mol. The minimum atomic E-state index is -0.0166. The molecule has 3 unspecified atom stereocenters. The molecule has 2 aliphatic rings. The zero-order valence-electron chi connectivity index (χ0n) is 6.43. The Morgan fingerprint density at radius 1 is 1.60 bits per heavy atom.